The number of aromatic nitrogens is 7. The second-order valence-corrected chi connectivity index (χ2v) is 8.88. The summed E-state index contributed by atoms with van der Waals surface area (Å²) < 4.78 is 10.0. The maximum Gasteiger partial charge on any atom is 0.156 e. The van der Waals surface area contributed by atoms with Gasteiger partial charge in [-0.15, -0.1) is 0 Å². The van der Waals surface area contributed by atoms with E-state index in [1.807, 2.05) is 57.8 Å². The Bertz CT molecular complexity index is 1510. The highest BCUT2D eigenvalue weighted by Gasteiger charge is 2.18. The average Bonchev–Trinajstić information content (AvgIpc) is 3.36. The maximum atomic E-state index is 6.03. The summed E-state index contributed by atoms with van der Waals surface area (Å²) in [4.78, 5) is 18.9. The fraction of sp³-hybridized carbons (Fsp3) is 0.346. The topological polar surface area (TPSA) is 83.5 Å². The molecule has 0 amide bonds. The standard InChI is InChI=1S/C26H29N7O/c1-7-8-20-26-23(32(6)17(5)30-26)12-25(31-20)33-22-11-21(29-16(4)18(22)14-28-33)19-13-27-10-9-24(19)34-15(2)3/h9-15H,7-8H2,1-6H3. The average molecular weight is 456 g/mol. The Morgan fingerprint density at radius 3 is 2.62 bits per heavy atom. The lowest BCUT2D eigenvalue weighted by atomic mass is 10.1. The van der Waals surface area contributed by atoms with Gasteiger partial charge in [0.1, 0.15) is 17.1 Å². The number of aryl methyl sites for hydroxylation is 4. The van der Waals surface area contributed by atoms with Crippen molar-refractivity contribution in [3.63, 3.8) is 0 Å². The third-order valence-corrected chi connectivity index (χ3v) is 6.03. The van der Waals surface area contributed by atoms with Crippen molar-refractivity contribution in [2.24, 2.45) is 7.05 Å². The summed E-state index contributed by atoms with van der Waals surface area (Å²) in [7, 11) is 2.04. The van der Waals surface area contributed by atoms with Crippen LogP contribution < -0.4 is 4.74 Å². The van der Waals surface area contributed by atoms with Crippen LogP contribution in [-0.2, 0) is 13.5 Å². The summed E-state index contributed by atoms with van der Waals surface area (Å²) in [6.45, 7) is 10.2. The van der Waals surface area contributed by atoms with E-state index >= 15 is 0 Å². The number of imidazole rings is 1. The van der Waals surface area contributed by atoms with Crippen LogP contribution in [0.5, 0.6) is 5.75 Å². The molecule has 5 aromatic rings. The number of rotatable bonds is 6. The van der Waals surface area contributed by atoms with Crippen molar-refractivity contribution in [2.75, 3.05) is 0 Å². The SMILES string of the molecule is CCCc1nc(-n2ncc3c(C)nc(-c4cnccc4OC(C)C)cc32)cc2c1nc(C)n2C. The number of pyridine rings is 3. The van der Waals surface area contributed by atoms with Crippen LogP contribution >= 0.6 is 0 Å². The van der Waals surface area contributed by atoms with Crippen molar-refractivity contribution < 1.29 is 4.74 Å². The molecule has 0 saturated carbocycles. The summed E-state index contributed by atoms with van der Waals surface area (Å²) in [5.74, 6) is 2.50. The number of nitrogens with zero attached hydrogens (tertiary/aromatic N) is 7. The molecule has 0 atom stereocenters. The Morgan fingerprint density at radius 2 is 1.85 bits per heavy atom. The molecule has 5 rings (SSSR count). The van der Waals surface area contributed by atoms with Crippen molar-refractivity contribution in [3.05, 3.63) is 54.0 Å². The van der Waals surface area contributed by atoms with Crippen LogP contribution in [0.4, 0.5) is 0 Å². The lowest BCUT2D eigenvalue weighted by Gasteiger charge is -2.14. The van der Waals surface area contributed by atoms with Crippen LogP contribution in [-0.4, -0.2) is 40.4 Å². The molecule has 0 aromatic carbocycles. The van der Waals surface area contributed by atoms with Gasteiger partial charge in [0.05, 0.1) is 40.3 Å². The summed E-state index contributed by atoms with van der Waals surface area (Å²) in [5.41, 5.74) is 6.49. The molecular formula is C26H29N7O. The first-order valence-corrected chi connectivity index (χ1v) is 11.7. The van der Waals surface area contributed by atoms with Crippen LogP contribution in [0.3, 0.4) is 0 Å². The number of fused-ring (bicyclic) bond motifs is 2. The van der Waals surface area contributed by atoms with E-state index in [1.54, 1.807) is 12.4 Å². The van der Waals surface area contributed by atoms with Gasteiger partial charge in [0.2, 0.25) is 0 Å². The second kappa shape index (κ2) is 8.52. The van der Waals surface area contributed by atoms with Gasteiger partial charge in [0.25, 0.3) is 0 Å². The lowest BCUT2D eigenvalue weighted by Crippen LogP contribution is -2.07. The van der Waals surface area contributed by atoms with E-state index in [-0.39, 0.29) is 6.10 Å². The normalized spacial score (nSPS) is 11.7. The molecule has 5 aromatic heterocycles. The molecule has 34 heavy (non-hydrogen) atoms. The molecule has 8 heteroatoms. The van der Waals surface area contributed by atoms with E-state index in [0.29, 0.717) is 0 Å². The van der Waals surface area contributed by atoms with Crippen molar-refractivity contribution >= 4 is 21.9 Å². The quantitative estimate of drug-likeness (QED) is 0.353. The van der Waals surface area contributed by atoms with E-state index in [0.717, 1.165) is 74.8 Å². The highest BCUT2D eigenvalue weighted by Crippen LogP contribution is 2.32. The molecule has 0 fully saturated rings. The number of hydrogen-bond acceptors (Lipinski definition) is 6. The monoisotopic (exact) mass is 455 g/mol. The van der Waals surface area contributed by atoms with Crippen molar-refractivity contribution in [3.8, 4) is 22.8 Å². The van der Waals surface area contributed by atoms with Gasteiger partial charge < -0.3 is 9.30 Å². The summed E-state index contributed by atoms with van der Waals surface area (Å²) >= 11 is 0. The zero-order valence-electron chi connectivity index (χ0n) is 20.5. The van der Waals surface area contributed by atoms with Crippen LogP contribution in [0.2, 0.25) is 0 Å². The molecule has 8 nitrogen and oxygen atoms in total. The molecular weight excluding hydrogens is 426 g/mol. The molecule has 0 aliphatic rings. The van der Waals surface area contributed by atoms with E-state index in [1.165, 1.54) is 0 Å². The Labute approximate surface area is 198 Å². The van der Waals surface area contributed by atoms with Crippen LogP contribution in [0.15, 0.2) is 36.8 Å². The zero-order valence-corrected chi connectivity index (χ0v) is 20.5. The second-order valence-electron chi connectivity index (χ2n) is 8.88. The van der Waals surface area contributed by atoms with Gasteiger partial charge in [-0.25, -0.2) is 14.6 Å². The first-order valence-electron chi connectivity index (χ1n) is 11.7. The Balaban J connectivity index is 1.72. The third-order valence-electron chi connectivity index (χ3n) is 6.03. The predicted octanol–water partition coefficient (Wildman–Crippen LogP) is 5.12. The first kappa shape index (κ1) is 22.0. The summed E-state index contributed by atoms with van der Waals surface area (Å²) in [5, 5.41) is 5.70. The van der Waals surface area contributed by atoms with E-state index < -0.39 is 0 Å². The Kier molecular flexibility index (Phi) is 5.51. The predicted molar refractivity (Wildman–Crippen MR) is 133 cm³/mol. The highest BCUT2D eigenvalue weighted by atomic mass is 16.5. The molecule has 0 unspecified atom stereocenters. The van der Waals surface area contributed by atoms with E-state index in [4.69, 9.17) is 24.8 Å². The number of hydrogen-bond donors (Lipinski definition) is 0. The Morgan fingerprint density at radius 1 is 1.03 bits per heavy atom. The fourth-order valence-electron chi connectivity index (χ4n) is 4.30. The largest absolute Gasteiger partial charge is 0.490 e. The molecule has 0 N–H and O–H groups in total. The first-order chi connectivity index (χ1) is 16.4. The minimum Gasteiger partial charge on any atom is -0.490 e. The molecule has 0 radical (unpaired) electrons. The summed E-state index contributed by atoms with van der Waals surface area (Å²) in [6, 6.07) is 5.98. The fourth-order valence-corrected chi connectivity index (χ4v) is 4.30. The van der Waals surface area contributed by atoms with Crippen molar-refractivity contribution in [1.29, 1.82) is 0 Å². The van der Waals surface area contributed by atoms with Gasteiger partial charge in [-0.05, 0) is 46.2 Å². The minimum atomic E-state index is 0.0479. The van der Waals surface area contributed by atoms with Crippen molar-refractivity contribution in [2.45, 2.75) is 53.6 Å². The van der Waals surface area contributed by atoms with E-state index in [2.05, 4.69) is 22.5 Å². The van der Waals surface area contributed by atoms with Crippen LogP contribution in [0.1, 0.15) is 44.4 Å². The Hall–Kier alpha value is -3.81. The van der Waals surface area contributed by atoms with E-state index in [9.17, 15) is 0 Å². The third kappa shape index (κ3) is 3.69. The minimum absolute atomic E-state index is 0.0479. The van der Waals surface area contributed by atoms with Gasteiger partial charge in [-0.1, -0.05) is 13.3 Å². The smallest absolute Gasteiger partial charge is 0.156 e. The zero-order chi connectivity index (χ0) is 24.0. The maximum absolute atomic E-state index is 6.03. The molecule has 5 heterocycles. The van der Waals surface area contributed by atoms with Gasteiger partial charge in [-0.3, -0.25) is 9.97 Å². The van der Waals surface area contributed by atoms with Gasteiger partial charge >= 0.3 is 0 Å². The van der Waals surface area contributed by atoms with Gasteiger partial charge in [0, 0.05) is 36.6 Å². The molecule has 0 aliphatic heterocycles. The number of ether oxygens (including phenoxy) is 1. The molecule has 0 saturated heterocycles. The molecule has 0 bridgehead atoms. The lowest BCUT2D eigenvalue weighted by molar-refractivity contribution is 0.243. The molecule has 0 spiro atoms. The van der Waals surface area contributed by atoms with Gasteiger partial charge in [-0.2, -0.15) is 5.10 Å². The molecule has 0 aliphatic carbocycles. The van der Waals surface area contributed by atoms with Crippen LogP contribution in [0, 0.1) is 13.8 Å². The molecule has 174 valence electrons. The van der Waals surface area contributed by atoms with Crippen LogP contribution in [0.25, 0.3) is 39.0 Å². The van der Waals surface area contributed by atoms with Gasteiger partial charge in [0.15, 0.2) is 5.82 Å². The highest BCUT2D eigenvalue weighted by molar-refractivity contribution is 5.87. The van der Waals surface area contributed by atoms with Crippen molar-refractivity contribution in [1.82, 2.24) is 34.3 Å². The summed E-state index contributed by atoms with van der Waals surface area (Å²) in [6.07, 6.45) is 7.29.